The summed E-state index contributed by atoms with van der Waals surface area (Å²) in [4.78, 5) is 12.1. The summed E-state index contributed by atoms with van der Waals surface area (Å²) in [5.41, 5.74) is 2.27. The van der Waals surface area contributed by atoms with E-state index in [4.69, 9.17) is 9.26 Å². The van der Waals surface area contributed by atoms with Gasteiger partial charge in [-0.25, -0.2) is 8.42 Å². The molecule has 0 radical (unpaired) electrons. The van der Waals surface area contributed by atoms with Crippen LogP contribution in [0.25, 0.3) is 0 Å². The molecule has 26 heavy (non-hydrogen) atoms. The molecule has 7 nitrogen and oxygen atoms in total. The normalized spacial score (nSPS) is 18.6. The highest BCUT2D eigenvalue weighted by atomic mass is 32.2. The van der Waals surface area contributed by atoms with Crippen molar-refractivity contribution in [1.29, 1.82) is 0 Å². The molecule has 0 aliphatic carbocycles. The zero-order valence-electron chi connectivity index (χ0n) is 14.8. The van der Waals surface area contributed by atoms with Crippen LogP contribution in [0.2, 0.25) is 0 Å². The second-order valence-corrected chi connectivity index (χ2v) is 8.94. The van der Waals surface area contributed by atoms with Crippen LogP contribution in [0.3, 0.4) is 0 Å². The van der Waals surface area contributed by atoms with Crippen molar-refractivity contribution in [3.8, 4) is 5.75 Å². The predicted octanol–water partition coefficient (Wildman–Crippen LogP) is 2.03. The number of rotatable bonds is 6. The molecule has 3 rings (SSSR count). The number of ether oxygens (including phenoxy) is 1. The number of hydrogen-bond acceptors (Lipinski definition) is 6. The summed E-state index contributed by atoms with van der Waals surface area (Å²) in [5.74, 6) is 1.10. The van der Waals surface area contributed by atoms with E-state index in [-0.39, 0.29) is 35.6 Å². The van der Waals surface area contributed by atoms with Gasteiger partial charge in [-0.1, -0.05) is 17.3 Å². The van der Waals surface area contributed by atoms with Crippen molar-refractivity contribution < 1.29 is 22.5 Å². The standard InChI is InChI=1S/C18H22N2O5S/c1-12-3-4-13(2)17(7-12)24-10-15-8-16(20-25-15)18(21)19-9-14-5-6-26(22,23)11-14/h3-4,7-8,14H,5-6,9-11H2,1-2H3,(H,19,21). The van der Waals surface area contributed by atoms with Crippen LogP contribution < -0.4 is 10.1 Å². The SMILES string of the molecule is Cc1ccc(C)c(OCc2cc(C(=O)NCC3CCS(=O)(=O)C3)no2)c1. The van der Waals surface area contributed by atoms with Crippen LogP contribution in [-0.2, 0) is 16.4 Å². The van der Waals surface area contributed by atoms with Crippen molar-refractivity contribution in [2.24, 2.45) is 5.92 Å². The van der Waals surface area contributed by atoms with E-state index < -0.39 is 9.84 Å². The maximum atomic E-state index is 12.1. The number of hydrogen-bond donors (Lipinski definition) is 1. The molecule has 1 aromatic heterocycles. The van der Waals surface area contributed by atoms with Crippen molar-refractivity contribution in [3.63, 3.8) is 0 Å². The zero-order chi connectivity index (χ0) is 18.7. The lowest BCUT2D eigenvalue weighted by Crippen LogP contribution is -2.30. The van der Waals surface area contributed by atoms with Gasteiger partial charge in [-0.2, -0.15) is 0 Å². The summed E-state index contributed by atoms with van der Waals surface area (Å²) in [7, 11) is -2.95. The molecule has 0 saturated carbocycles. The highest BCUT2D eigenvalue weighted by Crippen LogP contribution is 2.21. The van der Waals surface area contributed by atoms with Crippen LogP contribution in [-0.4, -0.2) is 37.5 Å². The van der Waals surface area contributed by atoms with Crippen LogP contribution in [0, 0.1) is 19.8 Å². The molecule has 1 amide bonds. The van der Waals surface area contributed by atoms with E-state index in [0.29, 0.717) is 18.7 Å². The third-order valence-electron chi connectivity index (χ3n) is 4.38. The van der Waals surface area contributed by atoms with Crippen LogP contribution in [0.15, 0.2) is 28.8 Å². The highest BCUT2D eigenvalue weighted by molar-refractivity contribution is 7.91. The van der Waals surface area contributed by atoms with Crippen molar-refractivity contribution >= 4 is 15.7 Å². The zero-order valence-corrected chi connectivity index (χ0v) is 15.6. The maximum Gasteiger partial charge on any atom is 0.273 e. The number of sulfone groups is 1. The Morgan fingerprint density at radius 3 is 2.88 bits per heavy atom. The second-order valence-electron chi connectivity index (χ2n) is 6.72. The summed E-state index contributed by atoms with van der Waals surface area (Å²) in [6.45, 7) is 4.43. The minimum absolute atomic E-state index is 0.0389. The molecular formula is C18H22N2O5S. The number of amides is 1. The van der Waals surface area contributed by atoms with Gasteiger partial charge in [0, 0.05) is 12.6 Å². The Hall–Kier alpha value is -2.35. The van der Waals surface area contributed by atoms with Crippen molar-refractivity contribution in [1.82, 2.24) is 10.5 Å². The van der Waals surface area contributed by atoms with E-state index in [9.17, 15) is 13.2 Å². The minimum Gasteiger partial charge on any atom is -0.485 e. The van der Waals surface area contributed by atoms with Crippen LogP contribution in [0.1, 0.15) is 33.8 Å². The molecule has 1 aromatic carbocycles. The lowest BCUT2D eigenvalue weighted by Gasteiger charge is -2.08. The van der Waals surface area contributed by atoms with Crippen LogP contribution in [0.5, 0.6) is 5.75 Å². The molecule has 2 aromatic rings. The molecule has 1 aliphatic heterocycles. The summed E-state index contributed by atoms with van der Waals surface area (Å²) in [6.07, 6.45) is 0.580. The average molecular weight is 378 g/mol. The van der Waals surface area contributed by atoms with Gasteiger partial charge in [0.05, 0.1) is 11.5 Å². The van der Waals surface area contributed by atoms with Gasteiger partial charge in [-0.15, -0.1) is 0 Å². The fourth-order valence-electron chi connectivity index (χ4n) is 2.86. The number of nitrogens with zero attached hydrogens (tertiary/aromatic N) is 1. The van der Waals surface area contributed by atoms with E-state index in [0.717, 1.165) is 16.9 Å². The molecular weight excluding hydrogens is 356 g/mol. The first-order valence-corrected chi connectivity index (χ1v) is 10.3. The molecule has 1 fully saturated rings. The second kappa shape index (κ2) is 7.49. The quantitative estimate of drug-likeness (QED) is 0.826. The van der Waals surface area contributed by atoms with E-state index >= 15 is 0 Å². The molecule has 0 spiro atoms. The number of benzene rings is 1. The summed E-state index contributed by atoms with van der Waals surface area (Å²) < 4.78 is 33.8. The molecule has 140 valence electrons. The van der Waals surface area contributed by atoms with Crippen LogP contribution in [0.4, 0.5) is 0 Å². The molecule has 0 bridgehead atoms. The Kier molecular flexibility index (Phi) is 5.31. The van der Waals surface area contributed by atoms with Gasteiger partial charge in [0.15, 0.2) is 21.3 Å². The van der Waals surface area contributed by atoms with Gasteiger partial charge >= 0.3 is 0 Å². The van der Waals surface area contributed by atoms with Gasteiger partial charge < -0.3 is 14.6 Å². The first-order valence-electron chi connectivity index (χ1n) is 8.47. The van der Waals surface area contributed by atoms with Gasteiger partial charge in [0.1, 0.15) is 12.4 Å². The first-order chi connectivity index (χ1) is 12.3. The van der Waals surface area contributed by atoms with Gasteiger partial charge in [-0.05, 0) is 43.4 Å². The van der Waals surface area contributed by atoms with Gasteiger partial charge in [0.25, 0.3) is 5.91 Å². The molecule has 8 heteroatoms. The summed E-state index contributed by atoms with van der Waals surface area (Å²) in [6, 6.07) is 7.46. The minimum atomic E-state index is -2.95. The Morgan fingerprint density at radius 2 is 2.15 bits per heavy atom. The van der Waals surface area contributed by atoms with Crippen molar-refractivity contribution in [3.05, 3.63) is 46.8 Å². The smallest absolute Gasteiger partial charge is 0.273 e. The molecule has 1 unspecified atom stereocenters. The van der Waals surface area contributed by atoms with Crippen molar-refractivity contribution in [2.75, 3.05) is 18.1 Å². The maximum absolute atomic E-state index is 12.1. The molecule has 2 heterocycles. The molecule has 1 N–H and O–H groups in total. The third-order valence-corrected chi connectivity index (χ3v) is 6.22. The van der Waals surface area contributed by atoms with E-state index in [1.165, 1.54) is 6.07 Å². The number of carbonyl (C=O) groups excluding carboxylic acids is 1. The monoisotopic (exact) mass is 378 g/mol. The predicted molar refractivity (Wildman–Crippen MR) is 95.8 cm³/mol. The molecule has 1 aliphatic rings. The molecule has 1 saturated heterocycles. The third kappa shape index (κ3) is 4.63. The van der Waals surface area contributed by atoms with E-state index in [2.05, 4.69) is 10.5 Å². The Morgan fingerprint density at radius 1 is 1.35 bits per heavy atom. The van der Waals surface area contributed by atoms with Gasteiger partial charge in [0.2, 0.25) is 0 Å². The Bertz CT molecular complexity index is 904. The number of aryl methyl sites for hydroxylation is 2. The topological polar surface area (TPSA) is 98.5 Å². The fraction of sp³-hybridized carbons (Fsp3) is 0.444. The van der Waals surface area contributed by atoms with Crippen LogP contribution >= 0.6 is 0 Å². The number of aromatic nitrogens is 1. The largest absolute Gasteiger partial charge is 0.485 e. The Labute approximate surface area is 152 Å². The highest BCUT2D eigenvalue weighted by Gasteiger charge is 2.28. The number of nitrogens with one attached hydrogen (secondary N) is 1. The van der Waals surface area contributed by atoms with Gasteiger partial charge in [-0.3, -0.25) is 4.79 Å². The first kappa shape index (κ1) is 18.4. The van der Waals surface area contributed by atoms with E-state index in [1.54, 1.807) is 0 Å². The van der Waals surface area contributed by atoms with Crippen molar-refractivity contribution in [2.45, 2.75) is 26.9 Å². The lowest BCUT2D eigenvalue weighted by molar-refractivity contribution is 0.0939. The van der Waals surface area contributed by atoms with E-state index in [1.807, 2.05) is 32.0 Å². The summed E-state index contributed by atoms with van der Waals surface area (Å²) in [5, 5.41) is 6.47. The lowest BCUT2D eigenvalue weighted by atomic mass is 10.1. The Balaban J connectivity index is 1.52. The number of carbonyl (C=O) groups is 1. The molecule has 1 atom stereocenters. The average Bonchev–Trinajstić information content (AvgIpc) is 3.20. The fourth-order valence-corrected chi connectivity index (χ4v) is 4.72. The summed E-state index contributed by atoms with van der Waals surface area (Å²) >= 11 is 0.